The second kappa shape index (κ2) is 4.21. The first kappa shape index (κ1) is 9.20. The SMILES string of the molecule is CC(CNC1CCC1)S(C)=O. The van der Waals surface area contributed by atoms with E-state index in [1.54, 1.807) is 6.26 Å². The lowest BCUT2D eigenvalue weighted by atomic mass is 9.93. The Labute approximate surface area is 71.2 Å². The minimum atomic E-state index is -0.667. The molecule has 1 fully saturated rings. The molecule has 0 heterocycles. The van der Waals surface area contributed by atoms with Gasteiger partial charge in [-0.15, -0.1) is 0 Å². The average molecular weight is 175 g/mol. The Kier molecular flexibility index (Phi) is 3.52. The summed E-state index contributed by atoms with van der Waals surface area (Å²) in [4.78, 5) is 0. The summed E-state index contributed by atoms with van der Waals surface area (Å²) in [6.07, 6.45) is 5.75. The minimum Gasteiger partial charge on any atom is -0.313 e. The van der Waals surface area contributed by atoms with Crippen molar-refractivity contribution in [2.24, 2.45) is 0 Å². The van der Waals surface area contributed by atoms with Crippen molar-refractivity contribution < 1.29 is 4.21 Å². The van der Waals surface area contributed by atoms with Gasteiger partial charge in [0.25, 0.3) is 0 Å². The topological polar surface area (TPSA) is 29.1 Å². The lowest BCUT2D eigenvalue weighted by Crippen LogP contribution is -2.39. The van der Waals surface area contributed by atoms with E-state index < -0.39 is 10.8 Å². The van der Waals surface area contributed by atoms with Gasteiger partial charge in [0.1, 0.15) is 0 Å². The Morgan fingerprint density at radius 3 is 2.64 bits per heavy atom. The molecule has 0 aromatic carbocycles. The maximum absolute atomic E-state index is 10.9. The molecule has 0 radical (unpaired) electrons. The summed E-state index contributed by atoms with van der Waals surface area (Å²) in [7, 11) is -0.667. The Morgan fingerprint density at radius 1 is 1.64 bits per heavy atom. The van der Waals surface area contributed by atoms with Crippen molar-refractivity contribution >= 4 is 10.8 Å². The third-order valence-corrected chi connectivity index (χ3v) is 3.67. The van der Waals surface area contributed by atoms with Gasteiger partial charge < -0.3 is 5.32 Å². The molecule has 2 atom stereocenters. The molecule has 1 saturated carbocycles. The van der Waals surface area contributed by atoms with Crippen molar-refractivity contribution in [2.45, 2.75) is 37.5 Å². The van der Waals surface area contributed by atoms with Gasteiger partial charge in [-0.1, -0.05) is 6.42 Å². The van der Waals surface area contributed by atoms with Gasteiger partial charge in [-0.25, -0.2) is 0 Å². The number of hydrogen-bond acceptors (Lipinski definition) is 2. The summed E-state index contributed by atoms with van der Waals surface area (Å²) in [5.74, 6) is 0. The zero-order valence-corrected chi connectivity index (χ0v) is 8.12. The third-order valence-electron chi connectivity index (χ3n) is 2.37. The molecule has 0 amide bonds. The first-order valence-corrected chi connectivity index (χ1v) is 5.88. The van der Waals surface area contributed by atoms with E-state index in [4.69, 9.17) is 0 Å². The van der Waals surface area contributed by atoms with Crippen molar-refractivity contribution in [3.63, 3.8) is 0 Å². The van der Waals surface area contributed by atoms with Crippen molar-refractivity contribution in [1.29, 1.82) is 0 Å². The first-order chi connectivity index (χ1) is 5.20. The molecule has 2 nitrogen and oxygen atoms in total. The van der Waals surface area contributed by atoms with E-state index in [9.17, 15) is 4.21 Å². The van der Waals surface area contributed by atoms with Crippen LogP contribution in [0.25, 0.3) is 0 Å². The largest absolute Gasteiger partial charge is 0.313 e. The first-order valence-electron chi connectivity index (χ1n) is 4.25. The zero-order chi connectivity index (χ0) is 8.27. The molecule has 0 saturated heterocycles. The summed E-state index contributed by atoms with van der Waals surface area (Å²) in [5.41, 5.74) is 0. The predicted molar refractivity (Wildman–Crippen MR) is 49.2 cm³/mol. The summed E-state index contributed by atoms with van der Waals surface area (Å²) >= 11 is 0. The van der Waals surface area contributed by atoms with E-state index in [0.717, 1.165) is 12.6 Å². The molecule has 1 aliphatic rings. The maximum Gasteiger partial charge on any atom is 0.0441 e. The zero-order valence-electron chi connectivity index (χ0n) is 7.30. The Morgan fingerprint density at radius 2 is 2.27 bits per heavy atom. The second-order valence-electron chi connectivity index (χ2n) is 3.35. The highest BCUT2D eigenvalue weighted by atomic mass is 32.2. The van der Waals surface area contributed by atoms with Gasteiger partial charge >= 0.3 is 0 Å². The van der Waals surface area contributed by atoms with Gasteiger partial charge in [0.15, 0.2) is 0 Å². The number of rotatable bonds is 4. The molecule has 0 aromatic heterocycles. The quantitative estimate of drug-likeness (QED) is 0.687. The second-order valence-corrected chi connectivity index (χ2v) is 5.15. The lowest BCUT2D eigenvalue weighted by molar-refractivity contribution is 0.341. The summed E-state index contributed by atoms with van der Waals surface area (Å²) in [6, 6.07) is 0.723. The molecule has 3 heteroatoms. The van der Waals surface area contributed by atoms with Crippen molar-refractivity contribution in [1.82, 2.24) is 5.32 Å². The van der Waals surface area contributed by atoms with Crippen LogP contribution in [0.2, 0.25) is 0 Å². The van der Waals surface area contributed by atoms with Crippen molar-refractivity contribution in [3.05, 3.63) is 0 Å². The van der Waals surface area contributed by atoms with Crippen LogP contribution in [-0.2, 0) is 10.8 Å². The molecule has 1 rings (SSSR count). The number of nitrogens with one attached hydrogen (secondary N) is 1. The van der Waals surface area contributed by atoms with Crippen LogP contribution in [-0.4, -0.2) is 28.3 Å². The highest BCUT2D eigenvalue weighted by Crippen LogP contribution is 2.17. The van der Waals surface area contributed by atoms with E-state index in [2.05, 4.69) is 5.32 Å². The van der Waals surface area contributed by atoms with Crippen LogP contribution >= 0.6 is 0 Å². The molecular weight excluding hydrogens is 158 g/mol. The average Bonchev–Trinajstić information content (AvgIpc) is 1.83. The lowest BCUT2D eigenvalue weighted by Gasteiger charge is -2.27. The molecule has 1 N–H and O–H groups in total. The van der Waals surface area contributed by atoms with E-state index in [-0.39, 0.29) is 0 Å². The molecule has 0 bridgehead atoms. The van der Waals surface area contributed by atoms with Gasteiger partial charge in [0.05, 0.1) is 0 Å². The fraction of sp³-hybridized carbons (Fsp3) is 1.00. The van der Waals surface area contributed by atoms with Crippen molar-refractivity contribution in [2.75, 3.05) is 12.8 Å². The van der Waals surface area contributed by atoms with Crippen LogP contribution in [0.4, 0.5) is 0 Å². The summed E-state index contributed by atoms with van der Waals surface area (Å²) in [5, 5.41) is 3.71. The van der Waals surface area contributed by atoms with Crippen LogP contribution in [0.5, 0.6) is 0 Å². The predicted octanol–water partition coefficient (Wildman–Crippen LogP) is 0.896. The van der Waals surface area contributed by atoms with Gasteiger partial charge in [0, 0.05) is 34.9 Å². The Hall–Kier alpha value is 0.110. The highest BCUT2D eigenvalue weighted by molar-refractivity contribution is 7.84. The normalized spacial score (nSPS) is 24.2. The van der Waals surface area contributed by atoms with E-state index in [0.29, 0.717) is 5.25 Å². The fourth-order valence-corrected chi connectivity index (χ4v) is 1.39. The van der Waals surface area contributed by atoms with Gasteiger partial charge in [-0.2, -0.15) is 0 Å². The molecule has 0 spiro atoms. The molecule has 0 aliphatic heterocycles. The molecular formula is C8H17NOS. The standard InChI is InChI=1S/C8H17NOS/c1-7(11(2)10)6-9-8-4-3-5-8/h7-9H,3-6H2,1-2H3. The van der Waals surface area contributed by atoms with Crippen molar-refractivity contribution in [3.8, 4) is 0 Å². The molecule has 66 valence electrons. The van der Waals surface area contributed by atoms with E-state index in [1.807, 2.05) is 6.92 Å². The number of hydrogen-bond donors (Lipinski definition) is 1. The Balaban J connectivity index is 2.05. The highest BCUT2D eigenvalue weighted by Gasteiger charge is 2.17. The Bertz CT molecular complexity index is 145. The van der Waals surface area contributed by atoms with E-state index >= 15 is 0 Å². The summed E-state index contributed by atoms with van der Waals surface area (Å²) in [6.45, 7) is 2.94. The van der Waals surface area contributed by atoms with Gasteiger partial charge in [0.2, 0.25) is 0 Å². The van der Waals surface area contributed by atoms with Crippen LogP contribution in [0.15, 0.2) is 0 Å². The molecule has 2 unspecified atom stereocenters. The van der Waals surface area contributed by atoms with Gasteiger partial charge in [-0.05, 0) is 19.8 Å². The molecule has 11 heavy (non-hydrogen) atoms. The van der Waals surface area contributed by atoms with Crippen LogP contribution in [0, 0.1) is 0 Å². The van der Waals surface area contributed by atoms with Crippen LogP contribution < -0.4 is 5.32 Å². The minimum absolute atomic E-state index is 0.301. The monoisotopic (exact) mass is 175 g/mol. The maximum atomic E-state index is 10.9. The van der Waals surface area contributed by atoms with Crippen LogP contribution in [0.3, 0.4) is 0 Å². The summed E-state index contributed by atoms with van der Waals surface area (Å²) < 4.78 is 10.9. The fourth-order valence-electron chi connectivity index (χ4n) is 1.06. The third kappa shape index (κ3) is 2.91. The molecule has 0 aromatic rings. The van der Waals surface area contributed by atoms with E-state index in [1.165, 1.54) is 19.3 Å². The molecule has 1 aliphatic carbocycles. The van der Waals surface area contributed by atoms with Gasteiger partial charge in [-0.3, -0.25) is 4.21 Å². The smallest absolute Gasteiger partial charge is 0.0441 e. The van der Waals surface area contributed by atoms with Crippen LogP contribution in [0.1, 0.15) is 26.2 Å².